The number of halogens is 4. The first-order valence-corrected chi connectivity index (χ1v) is 11.4. The molecule has 0 radical (unpaired) electrons. The quantitative estimate of drug-likeness (QED) is 0.204. The lowest BCUT2D eigenvalue weighted by Crippen LogP contribution is -2.28. The minimum absolute atomic E-state index is 0.0808. The molecule has 1 aliphatic heterocycles. The molecule has 0 saturated heterocycles. The van der Waals surface area contributed by atoms with E-state index in [1.54, 1.807) is 24.3 Å². The standard InChI is InChI=1S/C22H10ClF3N2O3S2/c23-19-13-7-6-12(28(30)31)10-18(13)33-20(19)21(29)27-14-3-1-2-4-16(14)32-17-8-5-11(9-15(17)27)22(24,25)26/h1-10H. The molecule has 0 fully saturated rings. The summed E-state index contributed by atoms with van der Waals surface area (Å²) in [6.45, 7) is 0. The number of anilines is 2. The second kappa shape index (κ2) is 7.75. The Kier molecular flexibility index (Phi) is 5.11. The van der Waals surface area contributed by atoms with Crippen LogP contribution >= 0.6 is 34.7 Å². The Morgan fingerprint density at radius 3 is 2.45 bits per heavy atom. The molecule has 5 nitrogen and oxygen atoms in total. The van der Waals surface area contributed by atoms with Gasteiger partial charge in [0.15, 0.2) is 0 Å². The topological polar surface area (TPSA) is 63.4 Å². The first-order chi connectivity index (χ1) is 15.6. The van der Waals surface area contributed by atoms with E-state index < -0.39 is 22.6 Å². The largest absolute Gasteiger partial charge is 0.416 e. The maximum Gasteiger partial charge on any atom is 0.416 e. The Morgan fingerprint density at radius 1 is 1.00 bits per heavy atom. The van der Waals surface area contributed by atoms with Crippen LogP contribution in [0.15, 0.2) is 70.5 Å². The van der Waals surface area contributed by atoms with Crippen molar-refractivity contribution in [1.82, 2.24) is 0 Å². The number of alkyl halides is 3. The second-order valence-corrected chi connectivity index (χ2v) is 9.59. The lowest BCUT2D eigenvalue weighted by Gasteiger charge is -2.31. The molecule has 0 aliphatic carbocycles. The Labute approximate surface area is 197 Å². The lowest BCUT2D eigenvalue weighted by molar-refractivity contribution is -0.384. The first kappa shape index (κ1) is 21.7. The summed E-state index contributed by atoms with van der Waals surface area (Å²) >= 11 is 8.70. The molecule has 1 aromatic heterocycles. The van der Waals surface area contributed by atoms with Crippen LogP contribution in [0.1, 0.15) is 15.2 Å². The highest BCUT2D eigenvalue weighted by Gasteiger charge is 2.36. The summed E-state index contributed by atoms with van der Waals surface area (Å²) < 4.78 is 40.7. The second-order valence-electron chi connectivity index (χ2n) is 7.07. The van der Waals surface area contributed by atoms with Gasteiger partial charge in [0.05, 0.1) is 26.9 Å². The van der Waals surface area contributed by atoms with Gasteiger partial charge in [-0.25, -0.2) is 0 Å². The van der Waals surface area contributed by atoms with E-state index in [0.29, 0.717) is 25.6 Å². The number of nitro groups is 1. The van der Waals surface area contributed by atoms with Crippen LogP contribution in [0.5, 0.6) is 0 Å². The lowest BCUT2D eigenvalue weighted by atomic mass is 10.1. The van der Waals surface area contributed by atoms with Gasteiger partial charge in [-0.3, -0.25) is 19.8 Å². The van der Waals surface area contributed by atoms with Gasteiger partial charge >= 0.3 is 6.18 Å². The fraction of sp³-hybridized carbons (Fsp3) is 0.0455. The van der Waals surface area contributed by atoms with Crippen molar-refractivity contribution in [2.45, 2.75) is 16.0 Å². The third kappa shape index (κ3) is 3.64. The Morgan fingerprint density at radius 2 is 1.73 bits per heavy atom. The van der Waals surface area contributed by atoms with Crippen molar-refractivity contribution >= 4 is 67.8 Å². The van der Waals surface area contributed by atoms with Crippen LogP contribution in [-0.2, 0) is 6.18 Å². The molecule has 166 valence electrons. The zero-order valence-corrected chi connectivity index (χ0v) is 18.6. The smallest absolute Gasteiger partial charge is 0.274 e. The van der Waals surface area contributed by atoms with Crippen molar-refractivity contribution in [3.05, 3.63) is 86.2 Å². The summed E-state index contributed by atoms with van der Waals surface area (Å²) in [5.41, 5.74) is -0.506. The Balaban J connectivity index is 1.70. The number of hydrogen-bond donors (Lipinski definition) is 0. The summed E-state index contributed by atoms with van der Waals surface area (Å²) in [6.07, 6.45) is -4.58. The van der Waals surface area contributed by atoms with E-state index in [4.69, 9.17) is 11.6 Å². The molecule has 0 bridgehead atoms. The molecule has 0 spiro atoms. The van der Waals surface area contributed by atoms with Crippen LogP contribution in [0.3, 0.4) is 0 Å². The number of amides is 1. The molecule has 2 heterocycles. The van der Waals surface area contributed by atoms with E-state index >= 15 is 0 Å². The summed E-state index contributed by atoms with van der Waals surface area (Å²) in [5, 5.41) is 11.7. The number of rotatable bonds is 2. The van der Waals surface area contributed by atoms with Crippen LogP contribution in [0.25, 0.3) is 10.1 Å². The zero-order chi connectivity index (χ0) is 23.5. The number of benzene rings is 3. The van der Waals surface area contributed by atoms with Gasteiger partial charge in [0.1, 0.15) is 4.88 Å². The monoisotopic (exact) mass is 506 g/mol. The van der Waals surface area contributed by atoms with Gasteiger partial charge in [0, 0.05) is 32.0 Å². The summed E-state index contributed by atoms with van der Waals surface area (Å²) in [5.74, 6) is -0.614. The highest BCUT2D eigenvalue weighted by Crippen LogP contribution is 2.51. The fourth-order valence-electron chi connectivity index (χ4n) is 3.56. The van der Waals surface area contributed by atoms with Crippen molar-refractivity contribution < 1.29 is 22.9 Å². The highest BCUT2D eigenvalue weighted by molar-refractivity contribution is 7.99. The van der Waals surface area contributed by atoms with Crippen molar-refractivity contribution in [3.63, 3.8) is 0 Å². The maximum absolute atomic E-state index is 13.7. The maximum atomic E-state index is 13.7. The van der Waals surface area contributed by atoms with E-state index in [1.165, 1.54) is 40.9 Å². The van der Waals surface area contributed by atoms with Crippen LogP contribution < -0.4 is 4.90 Å². The molecule has 1 aliphatic rings. The summed E-state index contributed by atoms with van der Waals surface area (Å²) in [7, 11) is 0. The zero-order valence-electron chi connectivity index (χ0n) is 16.2. The average molecular weight is 507 g/mol. The summed E-state index contributed by atoms with van der Waals surface area (Å²) in [6, 6.07) is 14.2. The van der Waals surface area contributed by atoms with Gasteiger partial charge in [0.25, 0.3) is 11.6 Å². The molecule has 0 unspecified atom stereocenters. The van der Waals surface area contributed by atoms with Gasteiger partial charge < -0.3 is 0 Å². The number of nitrogens with zero attached hydrogens (tertiary/aromatic N) is 2. The van der Waals surface area contributed by atoms with Gasteiger partial charge in [-0.2, -0.15) is 13.2 Å². The molecule has 0 N–H and O–H groups in total. The van der Waals surface area contributed by atoms with Crippen molar-refractivity contribution in [1.29, 1.82) is 0 Å². The number of nitro benzene ring substituents is 1. The number of fused-ring (bicyclic) bond motifs is 3. The van der Waals surface area contributed by atoms with E-state index in [0.717, 1.165) is 23.5 Å². The van der Waals surface area contributed by atoms with Gasteiger partial charge in [-0.05, 0) is 36.4 Å². The first-order valence-electron chi connectivity index (χ1n) is 9.34. The number of carbonyl (C=O) groups is 1. The molecule has 5 rings (SSSR count). The van der Waals surface area contributed by atoms with E-state index in [1.807, 2.05) is 0 Å². The molecule has 11 heteroatoms. The SMILES string of the molecule is O=C(c1sc2cc([N+](=O)[O-])ccc2c1Cl)N1c2ccccc2Sc2ccc(C(F)(F)F)cc21. The number of non-ortho nitro benzene ring substituents is 1. The van der Waals surface area contributed by atoms with Gasteiger partial charge in [-0.1, -0.05) is 35.5 Å². The van der Waals surface area contributed by atoms with Crippen molar-refractivity contribution in [3.8, 4) is 0 Å². The highest BCUT2D eigenvalue weighted by atomic mass is 35.5. The molecule has 1 amide bonds. The predicted molar refractivity (Wildman–Crippen MR) is 122 cm³/mol. The molecule has 0 saturated carbocycles. The van der Waals surface area contributed by atoms with E-state index in [-0.39, 0.29) is 21.3 Å². The minimum atomic E-state index is -4.58. The number of carbonyl (C=O) groups excluding carboxylic acids is 1. The van der Waals surface area contributed by atoms with Crippen molar-refractivity contribution in [2.24, 2.45) is 0 Å². The van der Waals surface area contributed by atoms with Crippen LogP contribution in [0.4, 0.5) is 30.2 Å². The third-order valence-electron chi connectivity index (χ3n) is 5.07. The van der Waals surface area contributed by atoms with Crippen molar-refractivity contribution in [2.75, 3.05) is 4.90 Å². The van der Waals surface area contributed by atoms with E-state index in [9.17, 15) is 28.1 Å². The van der Waals surface area contributed by atoms with Crippen LogP contribution in [0.2, 0.25) is 5.02 Å². The average Bonchev–Trinajstić information content (AvgIpc) is 3.11. The normalized spacial score (nSPS) is 13.0. The number of hydrogen-bond acceptors (Lipinski definition) is 5. The van der Waals surface area contributed by atoms with Crippen LogP contribution in [-0.4, -0.2) is 10.8 Å². The third-order valence-corrected chi connectivity index (χ3v) is 7.85. The molecule has 3 aromatic carbocycles. The Hall–Kier alpha value is -3.08. The molecule has 33 heavy (non-hydrogen) atoms. The van der Waals surface area contributed by atoms with Gasteiger partial charge in [0.2, 0.25) is 0 Å². The number of para-hydroxylation sites is 1. The molecular weight excluding hydrogens is 497 g/mol. The molecule has 4 aromatic rings. The fourth-order valence-corrected chi connectivity index (χ4v) is 6.07. The van der Waals surface area contributed by atoms with Crippen LogP contribution in [0, 0.1) is 10.1 Å². The Bertz CT molecular complexity index is 1470. The molecular formula is C22H10ClF3N2O3S2. The number of thiophene rings is 1. The van der Waals surface area contributed by atoms with E-state index in [2.05, 4.69) is 0 Å². The van der Waals surface area contributed by atoms with Gasteiger partial charge in [-0.15, -0.1) is 11.3 Å². The minimum Gasteiger partial charge on any atom is -0.274 e. The molecule has 0 atom stereocenters. The predicted octanol–water partition coefficient (Wildman–Crippen LogP) is 7.92. The summed E-state index contributed by atoms with van der Waals surface area (Å²) in [4.78, 5) is 26.8.